The highest BCUT2D eigenvalue weighted by molar-refractivity contribution is 5.99. The molecule has 2 aromatic heterocycles. The van der Waals surface area contributed by atoms with Crippen LogP contribution in [-0.2, 0) is 0 Å². The van der Waals surface area contributed by atoms with Crippen LogP contribution in [0.3, 0.4) is 0 Å². The Kier molecular flexibility index (Phi) is 5.76. The van der Waals surface area contributed by atoms with E-state index in [1.807, 2.05) is 62.4 Å². The largest absolute Gasteiger partial charge is 0.460 e. The van der Waals surface area contributed by atoms with Gasteiger partial charge in [-0.2, -0.15) is 5.10 Å². The number of carbonyl (C=O) groups is 2. The number of nitrogens with zero attached hydrogens (tertiary/aromatic N) is 2. The average Bonchev–Trinajstić information content (AvgIpc) is 3.41. The maximum absolute atomic E-state index is 13.2. The number of anilines is 1. The molecule has 1 atom stereocenters. The van der Waals surface area contributed by atoms with Crippen LogP contribution in [0.1, 0.15) is 34.6 Å². The summed E-state index contributed by atoms with van der Waals surface area (Å²) in [6, 6.07) is 19.4. The van der Waals surface area contributed by atoms with Gasteiger partial charge >= 0.3 is 6.03 Å². The lowest BCUT2D eigenvalue weighted by Crippen LogP contribution is -2.26. The molecule has 0 spiro atoms. The molecule has 4 rings (SSSR count). The normalized spacial score (nSPS) is 11.7. The molecule has 3 amide bonds. The third-order valence-corrected chi connectivity index (χ3v) is 4.98. The minimum absolute atomic E-state index is 0.275. The summed E-state index contributed by atoms with van der Waals surface area (Å²) in [5.41, 5.74) is 8.30. The van der Waals surface area contributed by atoms with Crippen LogP contribution in [0.5, 0.6) is 0 Å². The maximum Gasteiger partial charge on any atom is 0.316 e. The van der Waals surface area contributed by atoms with Crippen molar-refractivity contribution in [3.05, 3.63) is 89.8 Å². The van der Waals surface area contributed by atoms with Crippen molar-refractivity contribution in [1.29, 1.82) is 0 Å². The molecular formula is C24H23N5O3. The Morgan fingerprint density at radius 3 is 2.38 bits per heavy atom. The van der Waals surface area contributed by atoms with E-state index in [-0.39, 0.29) is 11.9 Å². The Hall–Kier alpha value is -4.33. The van der Waals surface area contributed by atoms with Crippen molar-refractivity contribution in [3.63, 3.8) is 0 Å². The SMILES string of the molecule is Cc1ccc(-c2nn(-c3ccccc3)cc2C(=O)NC(C)c2ccc(NC(N)=O)cc2)o1. The third-order valence-electron chi connectivity index (χ3n) is 4.98. The number of aromatic nitrogens is 2. The first-order chi connectivity index (χ1) is 15.4. The molecule has 1 unspecified atom stereocenters. The number of para-hydroxylation sites is 1. The molecule has 4 N–H and O–H groups in total. The Bertz CT molecular complexity index is 1240. The molecule has 0 saturated heterocycles. The molecule has 8 nitrogen and oxygen atoms in total. The Balaban J connectivity index is 1.61. The van der Waals surface area contributed by atoms with Crippen LogP contribution in [0.4, 0.5) is 10.5 Å². The van der Waals surface area contributed by atoms with E-state index in [4.69, 9.17) is 10.2 Å². The smallest absolute Gasteiger partial charge is 0.316 e. The topological polar surface area (TPSA) is 115 Å². The van der Waals surface area contributed by atoms with E-state index in [1.54, 1.807) is 29.1 Å². The number of primary amides is 1. The average molecular weight is 429 g/mol. The van der Waals surface area contributed by atoms with E-state index in [0.717, 1.165) is 17.0 Å². The summed E-state index contributed by atoms with van der Waals surface area (Å²) in [5.74, 6) is 0.985. The summed E-state index contributed by atoms with van der Waals surface area (Å²) in [7, 11) is 0. The number of benzene rings is 2. The second-order valence-corrected chi connectivity index (χ2v) is 7.39. The highest BCUT2D eigenvalue weighted by Crippen LogP contribution is 2.26. The van der Waals surface area contributed by atoms with E-state index >= 15 is 0 Å². The van der Waals surface area contributed by atoms with Crippen molar-refractivity contribution >= 4 is 17.6 Å². The molecule has 8 heteroatoms. The second kappa shape index (κ2) is 8.81. The summed E-state index contributed by atoms with van der Waals surface area (Å²) in [6.45, 7) is 3.73. The molecule has 0 bridgehead atoms. The van der Waals surface area contributed by atoms with Gasteiger partial charge in [-0.05, 0) is 55.8 Å². The third kappa shape index (κ3) is 4.54. The minimum Gasteiger partial charge on any atom is -0.460 e. The number of urea groups is 1. The predicted molar refractivity (Wildman–Crippen MR) is 122 cm³/mol. The van der Waals surface area contributed by atoms with Gasteiger partial charge in [0.2, 0.25) is 0 Å². The lowest BCUT2D eigenvalue weighted by molar-refractivity contribution is 0.0940. The molecule has 4 aromatic rings. The van der Waals surface area contributed by atoms with Gasteiger partial charge in [0.1, 0.15) is 11.5 Å². The first kappa shape index (κ1) is 20.9. The van der Waals surface area contributed by atoms with Crippen molar-refractivity contribution in [2.24, 2.45) is 5.73 Å². The summed E-state index contributed by atoms with van der Waals surface area (Å²) in [6.07, 6.45) is 1.70. The molecule has 0 fully saturated rings. The van der Waals surface area contributed by atoms with Crippen molar-refractivity contribution in [1.82, 2.24) is 15.1 Å². The van der Waals surface area contributed by atoms with Crippen molar-refractivity contribution in [2.75, 3.05) is 5.32 Å². The quantitative estimate of drug-likeness (QED) is 0.421. The number of aryl methyl sites for hydroxylation is 1. The summed E-state index contributed by atoms with van der Waals surface area (Å²) in [5, 5.41) is 10.1. The Morgan fingerprint density at radius 2 is 1.75 bits per heavy atom. The van der Waals surface area contributed by atoms with Gasteiger partial charge in [-0.3, -0.25) is 4.79 Å². The number of rotatable bonds is 6. The molecule has 0 aliphatic carbocycles. The zero-order valence-corrected chi connectivity index (χ0v) is 17.7. The van der Waals surface area contributed by atoms with Gasteiger partial charge in [-0.1, -0.05) is 30.3 Å². The fourth-order valence-corrected chi connectivity index (χ4v) is 3.35. The van der Waals surface area contributed by atoms with Gasteiger partial charge in [0.15, 0.2) is 5.76 Å². The highest BCUT2D eigenvalue weighted by atomic mass is 16.3. The Labute approximate surface area is 185 Å². The fourth-order valence-electron chi connectivity index (χ4n) is 3.35. The van der Waals surface area contributed by atoms with E-state index < -0.39 is 6.03 Å². The number of carbonyl (C=O) groups excluding carboxylic acids is 2. The molecule has 0 saturated carbocycles. The molecule has 0 aliphatic heterocycles. The summed E-state index contributed by atoms with van der Waals surface area (Å²) in [4.78, 5) is 24.2. The zero-order chi connectivity index (χ0) is 22.7. The number of hydrogen-bond acceptors (Lipinski definition) is 4. The van der Waals surface area contributed by atoms with Gasteiger partial charge in [0.25, 0.3) is 5.91 Å². The van der Waals surface area contributed by atoms with Crippen LogP contribution < -0.4 is 16.4 Å². The lowest BCUT2D eigenvalue weighted by Gasteiger charge is -2.15. The first-order valence-electron chi connectivity index (χ1n) is 10.1. The summed E-state index contributed by atoms with van der Waals surface area (Å²) >= 11 is 0. The maximum atomic E-state index is 13.2. The number of nitrogens with one attached hydrogen (secondary N) is 2. The number of hydrogen-bond donors (Lipinski definition) is 3. The number of furan rings is 1. The monoisotopic (exact) mass is 429 g/mol. The molecule has 32 heavy (non-hydrogen) atoms. The van der Waals surface area contributed by atoms with Gasteiger partial charge in [0.05, 0.1) is 17.3 Å². The van der Waals surface area contributed by atoms with Crippen molar-refractivity contribution in [3.8, 4) is 17.1 Å². The highest BCUT2D eigenvalue weighted by Gasteiger charge is 2.22. The van der Waals surface area contributed by atoms with E-state index in [9.17, 15) is 9.59 Å². The van der Waals surface area contributed by atoms with Crippen LogP contribution >= 0.6 is 0 Å². The van der Waals surface area contributed by atoms with Gasteiger partial charge in [0, 0.05) is 11.9 Å². The van der Waals surface area contributed by atoms with Gasteiger partial charge < -0.3 is 20.8 Å². The van der Waals surface area contributed by atoms with Crippen LogP contribution in [-0.4, -0.2) is 21.7 Å². The van der Waals surface area contributed by atoms with Gasteiger partial charge in [-0.15, -0.1) is 0 Å². The molecule has 0 radical (unpaired) electrons. The standard InChI is InChI=1S/C24H23N5O3/c1-15-8-13-21(32-15)22-20(14-29(28-22)19-6-4-3-5-7-19)23(30)26-16(2)17-9-11-18(12-10-17)27-24(25)31/h3-14,16H,1-2H3,(H,26,30)(H3,25,27,31). The number of amides is 3. The van der Waals surface area contributed by atoms with E-state index in [0.29, 0.717) is 22.7 Å². The van der Waals surface area contributed by atoms with Crippen molar-refractivity contribution < 1.29 is 14.0 Å². The minimum atomic E-state index is -0.629. The second-order valence-electron chi connectivity index (χ2n) is 7.39. The molecular weight excluding hydrogens is 406 g/mol. The van der Waals surface area contributed by atoms with E-state index in [2.05, 4.69) is 15.7 Å². The Morgan fingerprint density at radius 1 is 1.03 bits per heavy atom. The molecule has 2 aromatic carbocycles. The van der Waals surface area contributed by atoms with Crippen LogP contribution in [0.2, 0.25) is 0 Å². The van der Waals surface area contributed by atoms with Crippen molar-refractivity contribution in [2.45, 2.75) is 19.9 Å². The molecule has 162 valence electrons. The summed E-state index contributed by atoms with van der Waals surface area (Å²) < 4.78 is 7.41. The lowest BCUT2D eigenvalue weighted by atomic mass is 10.1. The van der Waals surface area contributed by atoms with E-state index in [1.165, 1.54) is 0 Å². The zero-order valence-electron chi connectivity index (χ0n) is 17.7. The first-order valence-corrected chi connectivity index (χ1v) is 10.1. The van der Waals surface area contributed by atoms with Crippen LogP contribution in [0.25, 0.3) is 17.1 Å². The number of nitrogens with two attached hydrogens (primary N) is 1. The predicted octanol–water partition coefficient (Wildman–Crippen LogP) is 4.42. The fraction of sp³-hybridized carbons (Fsp3) is 0.125. The molecule has 0 aliphatic rings. The van der Waals surface area contributed by atoms with Crippen LogP contribution in [0.15, 0.2) is 77.3 Å². The molecule has 2 heterocycles. The van der Waals surface area contributed by atoms with Crippen LogP contribution in [0, 0.1) is 6.92 Å². The van der Waals surface area contributed by atoms with Gasteiger partial charge in [-0.25, -0.2) is 9.48 Å².